The maximum absolute atomic E-state index is 12.3. The third-order valence-electron chi connectivity index (χ3n) is 4.42. The molecule has 4 rings (SSSR count). The molecule has 8 nitrogen and oxygen atoms in total. The van der Waals surface area contributed by atoms with Gasteiger partial charge >= 0.3 is 0 Å². The number of amides is 1. The number of nitrogens with zero attached hydrogens (tertiary/aromatic N) is 2. The number of anilines is 1. The Hall–Kier alpha value is -4.07. The molecule has 8 heteroatoms. The summed E-state index contributed by atoms with van der Waals surface area (Å²) in [5.74, 6) is 1.35. The van der Waals surface area contributed by atoms with Gasteiger partial charge < -0.3 is 19.3 Å². The fourth-order valence-corrected chi connectivity index (χ4v) is 3.00. The van der Waals surface area contributed by atoms with Crippen LogP contribution in [0.2, 0.25) is 0 Å². The lowest BCUT2D eigenvalue weighted by molar-refractivity contribution is -0.118. The smallest absolute Gasteiger partial charge is 0.287 e. The van der Waals surface area contributed by atoms with Crippen LogP contribution in [0.25, 0.3) is 5.65 Å². The molecule has 0 aliphatic carbocycles. The molecule has 0 radical (unpaired) electrons. The van der Waals surface area contributed by atoms with Crippen molar-refractivity contribution in [2.24, 2.45) is 0 Å². The Morgan fingerprint density at radius 2 is 1.87 bits per heavy atom. The van der Waals surface area contributed by atoms with Crippen LogP contribution in [0.4, 0.5) is 5.69 Å². The van der Waals surface area contributed by atoms with E-state index in [0.29, 0.717) is 34.3 Å². The number of para-hydroxylation sites is 1. The number of ether oxygens (including phenoxy) is 2. The molecule has 0 saturated heterocycles. The van der Waals surface area contributed by atoms with Crippen LogP contribution in [-0.2, 0) is 11.4 Å². The van der Waals surface area contributed by atoms with Crippen LogP contribution in [0.1, 0.15) is 17.0 Å². The summed E-state index contributed by atoms with van der Waals surface area (Å²) < 4.78 is 17.8. The normalized spacial score (nSPS) is 10.8. The average Bonchev–Trinajstić information content (AvgIpc) is 3.14. The Morgan fingerprint density at radius 1 is 1.06 bits per heavy atom. The van der Waals surface area contributed by atoms with Crippen molar-refractivity contribution in [2.45, 2.75) is 20.5 Å². The zero-order valence-corrected chi connectivity index (χ0v) is 17.1. The van der Waals surface area contributed by atoms with Gasteiger partial charge in [0.2, 0.25) is 0 Å². The Balaban J connectivity index is 1.45. The van der Waals surface area contributed by atoms with E-state index in [0.717, 1.165) is 10.1 Å². The molecule has 2 aromatic carbocycles. The molecule has 0 spiro atoms. The second-order valence-corrected chi connectivity index (χ2v) is 7.02. The number of hydrogen-bond acceptors (Lipinski definition) is 6. The molecule has 0 aliphatic rings. The molecule has 0 fully saturated rings. The molecule has 1 N–H and O–H groups in total. The molecule has 0 unspecified atom stereocenters. The van der Waals surface area contributed by atoms with Crippen molar-refractivity contribution in [3.8, 4) is 11.5 Å². The van der Waals surface area contributed by atoms with Crippen molar-refractivity contribution in [3.05, 3.63) is 88.0 Å². The van der Waals surface area contributed by atoms with E-state index in [1.165, 1.54) is 6.07 Å². The van der Waals surface area contributed by atoms with Crippen molar-refractivity contribution in [3.63, 3.8) is 0 Å². The Morgan fingerprint density at radius 3 is 2.68 bits per heavy atom. The molecule has 1 amide bonds. The number of carbonyl (C=O) groups is 1. The third-order valence-corrected chi connectivity index (χ3v) is 4.42. The minimum Gasteiger partial charge on any atom is -0.485 e. The molecule has 158 valence electrons. The van der Waals surface area contributed by atoms with Gasteiger partial charge in [-0.05, 0) is 43.7 Å². The molecule has 31 heavy (non-hydrogen) atoms. The van der Waals surface area contributed by atoms with Crippen molar-refractivity contribution < 1.29 is 18.8 Å². The first-order valence-electron chi connectivity index (χ1n) is 9.69. The van der Waals surface area contributed by atoms with E-state index in [-0.39, 0.29) is 24.7 Å². The van der Waals surface area contributed by atoms with Crippen LogP contribution in [0.15, 0.2) is 70.0 Å². The SMILES string of the molecule is Cc1ccc(NC(=O)COc2ccccc2)c(OCc2cc(=O)n3oc(C)cc3n2)c1. The summed E-state index contributed by atoms with van der Waals surface area (Å²) in [6.45, 7) is 3.59. The highest BCUT2D eigenvalue weighted by molar-refractivity contribution is 5.93. The number of hydrogen-bond donors (Lipinski definition) is 1. The van der Waals surface area contributed by atoms with Crippen LogP contribution in [0.3, 0.4) is 0 Å². The minimum absolute atomic E-state index is 0.0583. The topological polar surface area (TPSA) is 95.1 Å². The van der Waals surface area contributed by atoms with E-state index in [4.69, 9.17) is 14.0 Å². The quantitative estimate of drug-likeness (QED) is 0.493. The summed E-state index contributed by atoms with van der Waals surface area (Å²) in [7, 11) is 0. The zero-order chi connectivity index (χ0) is 21.8. The Bertz CT molecular complexity index is 1280. The van der Waals surface area contributed by atoms with E-state index in [1.54, 1.807) is 37.3 Å². The van der Waals surface area contributed by atoms with E-state index in [9.17, 15) is 9.59 Å². The second kappa shape index (κ2) is 8.74. The van der Waals surface area contributed by atoms with Gasteiger partial charge in [0, 0.05) is 12.1 Å². The number of nitrogens with one attached hydrogen (secondary N) is 1. The highest BCUT2D eigenvalue weighted by Crippen LogP contribution is 2.26. The van der Waals surface area contributed by atoms with Gasteiger partial charge in [-0.1, -0.05) is 24.3 Å². The summed E-state index contributed by atoms with van der Waals surface area (Å²) in [6, 6.07) is 17.6. The number of benzene rings is 2. The first-order valence-corrected chi connectivity index (χ1v) is 9.69. The maximum atomic E-state index is 12.3. The minimum atomic E-state index is -0.326. The van der Waals surface area contributed by atoms with Gasteiger partial charge in [0.05, 0.1) is 11.4 Å². The third kappa shape index (κ3) is 4.92. The average molecular weight is 419 g/mol. The standard InChI is InChI=1S/C23H21N3O5/c1-15-8-9-19(25-22(27)14-29-18-6-4-3-5-7-18)20(10-15)30-13-17-12-23(28)26-21(24-17)11-16(2)31-26/h3-12H,13-14H2,1-2H3,(H,25,27). The van der Waals surface area contributed by atoms with Crippen molar-refractivity contribution >= 4 is 17.2 Å². The summed E-state index contributed by atoms with van der Waals surface area (Å²) in [5, 5.41) is 2.80. The second-order valence-electron chi connectivity index (χ2n) is 7.02. The monoisotopic (exact) mass is 419 g/mol. The predicted octanol–water partition coefficient (Wildman–Crippen LogP) is 3.50. The lowest BCUT2D eigenvalue weighted by atomic mass is 10.2. The van der Waals surface area contributed by atoms with Crippen molar-refractivity contribution in [2.75, 3.05) is 11.9 Å². The molecular formula is C23H21N3O5. The van der Waals surface area contributed by atoms with Crippen molar-refractivity contribution in [1.82, 2.24) is 9.56 Å². The number of fused-ring (bicyclic) bond motifs is 1. The molecule has 2 aromatic heterocycles. The Labute approximate surface area is 178 Å². The number of aryl methyl sites for hydroxylation is 2. The molecule has 0 aliphatic heterocycles. The van der Waals surface area contributed by atoms with E-state index in [2.05, 4.69) is 10.3 Å². The summed E-state index contributed by atoms with van der Waals surface area (Å²) in [4.78, 5) is 28.9. The van der Waals surface area contributed by atoms with E-state index >= 15 is 0 Å². The van der Waals surface area contributed by atoms with Gasteiger partial charge in [-0.3, -0.25) is 9.59 Å². The van der Waals surface area contributed by atoms with Gasteiger partial charge in [0.15, 0.2) is 12.3 Å². The highest BCUT2D eigenvalue weighted by Gasteiger charge is 2.12. The van der Waals surface area contributed by atoms with Crippen LogP contribution in [-0.4, -0.2) is 22.1 Å². The summed E-state index contributed by atoms with van der Waals surface area (Å²) in [5.41, 5.74) is 2.01. The number of carbonyl (C=O) groups excluding carboxylic acids is 1. The first kappa shape index (κ1) is 20.2. The highest BCUT2D eigenvalue weighted by atomic mass is 16.5. The molecule has 0 atom stereocenters. The summed E-state index contributed by atoms with van der Waals surface area (Å²) >= 11 is 0. The predicted molar refractivity (Wildman–Crippen MR) is 115 cm³/mol. The molecule has 2 heterocycles. The molecule has 4 aromatic rings. The van der Waals surface area contributed by atoms with Crippen LogP contribution >= 0.6 is 0 Å². The molecule has 0 saturated carbocycles. The van der Waals surface area contributed by atoms with Crippen LogP contribution < -0.4 is 20.3 Å². The van der Waals surface area contributed by atoms with E-state index < -0.39 is 0 Å². The molecule has 0 bridgehead atoms. The fraction of sp³-hybridized carbons (Fsp3) is 0.174. The summed E-state index contributed by atoms with van der Waals surface area (Å²) in [6.07, 6.45) is 0. The zero-order valence-electron chi connectivity index (χ0n) is 17.1. The lowest BCUT2D eigenvalue weighted by Gasteiger charge is -2.13. The maximum Gasteiger partial charge on any atom is 0.287 e. The van der Waals surface area contributed by atoms with E-state index in [1.807, 2.05) is 31.2 Å². The number of aromatic nitrogens is 2. The largest absolute Gasteiger partial charge is 0.485 e. The van der Waals surface area contributed by atoms with Gasteiger partial charge in [-0.2, -0.15) is 0 Å². The van der Waals surface area contributed by atoms with Crippen molar-refractivity contribution in [1.29, 1.82) is 0 Å². The van der Waals surface area contributed by atoms with Gasteiger partial charge in [0.25, 0.3) is 11.5 Å². The lowest BCUT2D eigenvalue weighted by Crippen LogP contribution is -2.20. The van der Waals surface area contributed by atoms with Gasteiger partial charge in [0.1, 0.15) is 23.9 Å². The first-order chi connectivity index (χ1) is 15.0. The fourth-order valence-electron chi connectivity index (χ4n) is 3.00. The van der Waals surface area contributed by atoms with Crippen LogP contribution in [0, 0.1) is 13.8 Å². The number of rotatable bonds is 7. The molecular weight excluding hydrogens is 398 g/mol. The van der Waals surface area contributed by atoms with Gasteiger partial charge in [-0.15, -0.1) is 4.57 Å². The van der Waals surface area contributed by atoms with Gasteiger partial charge in [-0.25, -0.2) is 4.98 Å². The van der Waals surface area contributed by atoms with Crippen LogP contribution in [0.5, 0.6) is 11.5 Å². The Kier molecular flexibility index (Phi) is 5.70.